The summed E-state index contributed by atoms with van der Waals surface area (Å²) >= 11 is 0. The average molecular weight is 228 g/mol. The van der Waals surface area contributed by atoms with Crippen LogP contribution in [0, 0.1) is 5.92 Å². The van der Waals surface area contributed by atoms with E-state index in [1.807, 2.05) is 7.05 Å². The van der Waals surface area contributed by atoms with Gasteiger partial charge < -0.3 is 9.64 Å². The van der Waals surface area contributed by atoms with Gasteiger partial charge in [0.05, 0.1) is 0 Å². The Hall–Kier alpha value is -0.810. The first-order chi connectivity index (χ1) is 7.70. The summed E-state index contributed by atoms with van der Waals surface area (Å²) in [7, 11) is 3.74. The molecule has 0 aliphatic heterocycles. The minimum atomic E-state index is 0.511. The molecule has 0 aromatic carbocycles. The van der Waals surface area contributed by atoms with Gasteiger partial charge in [-0.25, -0.2) is 5.84 Å². The topological polar surface area (TPSA) is 62.9 Å². The molecule has 1 atom stereocenters. The fourth-order valence-electron chi connectivity index (χ4n) is 1.74. The van der Waals surface area contributed by atoms with E-state index >= 15 is 0 Å². The van der Waals surface area contributed by atoms with Gasteiger partial charge in [-0.3, -0.25) is 10.4 Å². The number of hydrazine groups is 1. The first-order valence-electron chi connectivity index (χ1n) is 5.93. The fraction of sp³-hybridized carbons (Fsp3) is 0.909. The Kier molecular flexibility index (Phi) is 5.55. The number of guanidine groups is 1. The predicted molar refractivity (Wildman–Crippen MR) is 66.1 cm³/mol. The summed E-state index contributed by atoms with van der Waals surface area (Å²) in [6, 6.07) is 0.511. The molecule has 1 rings (SSSR count). The van der Waals surface area contributed by atoms with Crippen LogP contribution in [0.25, 0.3) is 0 Å². The van der Waals surface area contributed by atoms with Crippen LogP contribution < -0.4 is 11.3 Å². The van der Waals surface area contributed by atoms with Crippen LogP contribution in [-0.4, -0.2) is 44.2 Å². The van der Waals surface area contributed by atoms with Crippen molar-refractivity contribution in [2.75, 3.05) is 27.3 Å². The van der Waals surface area contributed by atoms with Crippen LogP contribution in [-0.2, 0) is 4.74 Å². The van der Waals surface area contributed by atoms with Crippen molar-refractivity contribution in [3.63, 3.8) is 0 Å². The molecular formula is C11H24N4O. The highest BCUT2D eigenvalue weighted by Gasteiger charge is 2.31. The third kappa shape index (κ3) is 3.98. The Balaban J connectivity index is 2.38. The molecule has 0 aromatic heterocycles. The van der Waals surface area contributed by atoms with E-state index in [1.54, 1.807) is 7.11 Å². The minimum absolute atomic E-state index is 0.511. The normalized spacial score (nSPS) is 18.4. The molecule has 0 bridgehead atoms. The Morgan fingerprint density at radius 3 is 2.81 bits per heavy atom. The highest BCUT2D eigenvalue weighted by atomic mass is 16.5. The summed E-state index contributed by atoms with van der Waals surface area (Å²) in [5.74, 6) is 7.07. The van der Waals surface area contributed by atoms with Crippen LogP contribution in [0.5, 0.6) is 0 Å². The number of methoxy groups -OCH3 is 1. The fourth-order valence-corrected chi connectivity index (χ4v) is 1.74. The lowest BCUT2D eigenvalue weighted by Gasteiger charge is -2.27. The van der Waals surface area contributed by atoms with Crippen molar-refractivity contribution < 1.29 is 4.74 Å². The van der Waals surface area contributed by atoms with Crippen molar-refractivity contribution in [1.29, 1.82) is 0 Å². The first kappa shape index (κ1) is 13.3. The molecule has 0 radical (unpaired) electrons. The minimum Gasteiger partial charge on any atom is -0.385 e. The van der Waals surface area contributed by atoms with Crippen LogP contribution in [0.4, 0.5) is 0 Å². The van der Waals surface area contributed by atoms with Crippen molar-refractivity contribution in [1.82, 2.24) is 10.3 Å². The summed E-state index contributed by atoms with van der Waals surface area (Å²) < 4.78 is 4.98. The van der Waals surface area contributed by atoms with Gasteiger partial charge >= 0.3 is 0 Å². The molecular weight excluding hydrogens is 204 g/mol. The summed E-state index contributed by atoms with van der Waals surface area (Å²) in [6.45, 7) is 3.71. The van der Waals surface area contributed by atoms with Crippen molar-refractivity contribution in [3.8, 4) is 0 Å². The molecule has 94 valence electrons. The zero-order valence-electron chi connectivity index (χ0n) is 10.6. The van der Waals surface area contributed by atoms with Gasteiger partial charge in [0, 0.05) is 33.4 Å². The third-order valence-corrected chi connectivity index (χ3v) is 3.15. The van der Waals surface area contributed by atoms with Crippen LogP contribution in [0.3, 0.4) is 0 Å². The van der Waals surface area contributed by atoms with Crippen molar-refractivity contribution >= 4 is 5.96 Å². The SMILES string of the molecule is COCCCN=C(NN)N(C)C(C)C1CC1. The van der Waals surface area contributed by atoms with E-state index in [2.05, 4.69) is 22.2 Å². The summed E-state index contributed by atoms with van der Waals surface area (Å²) in [5.41, 5.74) is 2.68. The smallest absolute Gasteiger partial charge is 0.208 e. The number of nitrogens with zero attached hydrogens (tertiary/aromatic N) is 2. The highest BCUT2D eigenvalue weighted by molar-refractivity contribution is 5.79. The molecule has 1 aliphatic rings. The number of nitrogens with one attached hydrogen (secondary N) is 1. The van der Waals surface area contributed by atoms with Gasteiger partial charge in [0.15, 0.2) is 0 Å². The Morgan fingerprint density at radius 1 is 1.62 bits per heavy atom. The van der Waals surface area contributed by atoms with Gasteiger partial charge in [-0.15, -0.1) is 0 Å². The predicted octanol–water partition coefficient (Wildman–Crippen LogP) is 0.573. The largest absolute Gasteiger partial charge is 0.385 e. The van der Waals surface area contributed by atoms with Gasteiger partial charge in [-0.1, -0.05) is 0 Å². The van der Waals surface area contributed by atoms with Gasteiger partial charge in [0.2, 0.25) is 5.96 Å². The number of ether oxygens (including phenoxy) is 1. The molecule has 0 aromatic rings. The molecule has 0 spiro atoms. The number of hydrogen-bond donors (Lipinski definition) is 2. The average Bonchev–Trinajstić information content (AvgIpc) is 3.11. The second kappa shape index (κ2) is 6.70. The molecule has 0 heterocycles. The second-order valence-electron chi connectivity index (χ2n) is 4.38. The lowest BCUT2D eigenvalue weighted by atomic mass is 10.2. The molecule has 16 heavy (non-hydrogen) atoms. The van der Waals surface area contributed by atoms with E-state index in [-0.39, 0.29) is 0 Å². The Morgan fingerprint density at radius 2 is 2.31 bits per heavy atom. The number of aliphatic imine (C=N–C) groups is 1. The first-order valence-corrected chi connectivity index (χ1v) is 5.93. The molecule has 3 N–H and O–H groups in total. The van der Waals surface area contributed by atoms with Crippen LogP contribution in [0.15, 0.2) is 4.99 Å². The van der Waals surface area contributed by atoms with Crippen LogP contribution >= 0.6 is 0 Å². The summed E-state index contributed by atoms with van der Waals surface area (Å²) in [4.78, 5) is 6.57. The number of nitrogens with two attached hydrogens (primary N) is 1. The van der Waals surface area contributed by atoms with Crippen molar-refractivity contribution in [2.45, 2.75) is 32.2 Å². The Bertz CT molecular complexity index is 228. The quantitative estimate of drug-likeness (QED) is 0.229. The van der Waals surface area contributed by atoms with E-state index in [4.69, 9.17) is 10.6 Å². The second-order valence-corrected chi connectivity index (χ2v) is 4.38. The molecule has 5 nitrogen and oxygen atoms in total. The van der Waals surface area contributed by atoms with E-state index in [9.17, 15) is 0 Å². The lowest BCUT2D eigenvalue weighted by Crippen LogP contribution is -2.47. The lowest BCUT2D eigenvalue weighted by molar-refractivity contribution is 0.196. The van der Waals surface area contributed by atoms with Crippen molar-refractivity contribution in [3.05, 3.63) is 0 Å². The molecule has 1 saturated carbocycles. The van der Waals surface area contributed by atoms with Gasteiger partial charge in [-0.2, -0.15) is 0 Å². The van der Waals surface area contributed by atoms with E-state index in [0.29, 0.717) is 6.04 Å². The van der Waals surface area contributed by atoms with E-state index < -0.39 is 0 Å². The van der Waals surface area contributed by atoms with Gasteiger partial charge in [-0.05, 0) is 32.1 Å². The zero-order chi connectivity index (χ0) is 12.0. The number of hydrogen-bond acceptors (Lipinski definition) is 3. The maximum atomic E-state index is 5.49. The molecule has 0 saturated heterocycles. The van der Waals surface area contributed by atoms with Gasteiger partial charge in [0.1, 0.15) is 0 Å². The van der Waals surface area contributed by atoms with Crippen LogP contribution in [0.1, 0.15) is 26.2 Å². The van der Waals surface area contributed by atoms with E-state index in [0.717, 1.165) is 31.4 Å². The van der Waals surface area contributed by atoms with Crippen LogP contribution in [0.2, 0.25) is 0 Å². The summed E-state index contributed by atoms with van der Waals surface area (Å²) in [6.07, 6.45) is 3.58. The van der Waals surface area contributed by atoms with Gasteiger partial charge in [0.25, 0.3) is 0 Å². The monoisotopic (exact) mass is 228 g/mol. The summed E-state index contributed by atoms with van der Waals surface area (Å²) in [5, 5.41) is 0. The molecule has 1 aliphatic carbocycles. The zero-order valence-corrected chi connectivity index (χ0v) is 10.6. The van der Waals surface area contributed by atoms with E-state index in [1.165, 1.54) is 12.8 Å². The van der Waals surface area contributed by atoms with Crippen molar-refractivity contribution in [2.24, 2.45) is 16.8 Å². The Labute approximate surface area is 98.0 Å². The molecule has 5 heteroatoms. The molecule has 1 fully saturated rings. The standard InChI is InChI=1S/C11H24N4O/c1-9(10-5-6-10)15(2)11(14-12)13-7-4-8-16-3/h9-10H,4-8,12H2,1-3H3,(H,13,14). The maximum absolute atomic E-state index is 5.49. The molecule has 1 unspecified atom stereocenters. The number of rotatable bonds is 6. The maximum Gasteiger partial charge on any atom is 0.208 e. The molecule has 0 amide bonds. The third-order valence-electron chi connectivity index (χ3n) is 3.15. The highest BCUT2D eigenvalue weighted by Crippen LogP contribution is 2.34.